The molecule has 2 rings (SSSR count). The van der Waals surface area contributed by atoms with Crippen LogP contribution in [0.25, 0.3) is 0 Å². The van der Waals surface area contributed by atoms with Gasteiger partial charge in [-0.05, 0) is 18.6 Å². The molecular formula is C10H13N4. The molecule has 4 heteroatoms. The van der Waals surface area contributed by atoms with E-state index in [1.807, 2.05) is 24.5 Å². The van der Waals surface area contributed by atoms with E-state index < -0.39 is 0 Å². The highest BCUT2D eigenvalue weighted by atomic mass is 15.1. The summed E-state index contributed by atoms with van der Waals surface area (Å²) in [5.41, 5.74) is 2.04. The van der Waals surface area contributed by atoms with Gasteiger partial charge in [0.05, 0.1) is 11.4 Å². The molecule has 2 N–H and O–H groups in total. The normalized spacial score (nSPS) is 12.9. The monoisotopic (exact) mass is 189 g/mol. The Morgan fingerprint density at radius 2 is 2.07 bits per heavy atom. The van der Waals surface area contributed by atoms with Crippen LogP contribution in [0, 0.1) is 6.42 Å². The summed E-state index contributed by atoms with van der Waals surface area (Å²) in [6.07, 6.45) is 6.81. The fourth-order valence-corrected chi connectivity index (χ4v) is 1.46. The van der Waals surface area contributed by atoms with Crippen molar-refractivity contribution >= 4 is 0 Å². The first-order valence-electron chi connectivity index (χ1n) is 4.74. The summed E-state index contributed by atoms with van der Waals surface area (Å²) in [6, 6.07) is 3.95. The lowest BCUT2D eigenvalue weighted by atomic mass is 9.97. The van der Waals surface area contributed by atoms with E-state index in [1.54, 1.807) is 0 Å². The number of aromatic nitrogens is 4. The topological polar surface area (TPSA) is 57.4 Å². The number of hydrogen-bond acceptors (Lipinski definition) is 2. The van der Waals surface area contributed by atoms with Crippen LogP contribution in [0.3, 0.4) is 0 Å². The Kier molecular flexibility index (Phi) is 2.62. The van der Waals surface area contributed by atoms with Gasteiger partial charge in [0.1, 0.15) is 0 Å². The molecule has 4 nitrogen and oxygen atoms in total. The lowest BCUT2D eigenvalue weighted by molar-refractivity contribution is 0.725. The number of H-pyrrole nitrogens is 2. The van der Waals surface area contributed by atoms with Crippen molar-refractivity contribution < 1.29 is 0 Å². The number of nitrogens with one attached hydrogen (secondary N) is 2. The van der Waals surface area contributed by atoms with Crippen LogP contribution in [0.15, 0.2) is 24.5 Å². The van der Waals surface area contributed by atoms with Crippen LogP contribution in [-0.2, 0) is 0 Å². The summed E-state index contributed by atoms with van der Waals surface area (Å²) in [5, 5.41) is 13.9. The summed E-state index contributed by atoms with van der Waals surface area (Å²) < 4.78 is 0. The second kappa shape index (κ2) is 4.09. The van der Waals surface area contributed by atoms with Crippen LogP contribution in [0.1, 0.15) is 30.7 Å². The molecule has 0 fully saturated rings. The van der Waals surface area contributed by atoms with Crippen LogP contribution in [-0.4, -0.2) is 20.4 Å². The third kappa shape index (κ3) is 1.84. The van der Waals surface area contributed by atoms with Gasteiger partial charge in [-0.15, -0.1) is 0 Å². The van der Waals surface area contributed by atoms with Gasteiger partial charge in [-0.2, -0.15) is 10.2 Å². The van der Waals surface area contributed by atoms with Gasteiger partial charge >= 0.3 is 0 Å². The SMILES string of the molecule is CCC([CH]c1cc[nH]n1)c1cc[nH]n1. The lowest BCUT2D eigenvalue weighted by Crippen LogP contribution is -2.00. The summed E-state index contributed by atoms with van der Waals surface area (Å²) >= 11 is 0. The minimum atomic E-state index is 0.338. The highest BCUT2D eigenvalue weighted by Gasteiger charge is 2.13. The van der Waals surface area contributed by atoms with E-state index in [2.05, 4.69) is 33.7 Å². The number of hydrogen-bond donors (Lipinski definition) is 2. The number of nitrogens with zero attached hydrogens (tertiary/aromatic N) is 2. The Hall–Kier alpha value is -1.58. The Labute approximate surface area is 82.7 Å². The third-order valence-corrected chi connectivity index (χ3v) is 2.24. The molecule has 14 heavy (non-hydrogen) atoms. The van der Waals surface area contributed by atoms with Crippen LogP contribution in [0.4, 0.5) is 0 Å². The summed E-state index contributed by atoms with van der Waals surface area (Å²) in [6.45, 7) is 2.14. The van der Waals surface area contributed by atoms with Crippen molar-refractivity contribution in [2.24, 2.45) is 0 Å². The summed E-state index contributed by atoms with van der Waals surface area (Å²) in [4.78, 5) is 0. The molecule has 0 saturated heterocycles. The molecule has 2 aromatic heterocycles. The van der Waals surface area contributed by atoms with E-state index in [9.17, 15) is 0 Å². The molecule has 0 bridgehead atoms. The van der Waals surface area contributed by atoms with Gasteiger partial charge in [-0.1, -0.05) is 6.92 Å². The Morgan fingerprint density at radius 3 is 2.64 bits per heavy atom. The van der Waals surface area contributed by atoms with Crippen molar-refractivity contribution in [1.29, 1.82) is 0 Å². The van der Waals surface area contributed by atoms with Crippen molar-refractivity contribution in [3.05, 3.63) is 42.3 Å². The number of aromatic amines is 2. The zero-order valence-corrected chi connectivity index (χ0v) is 8.07. The third-order valence-electron chi connectivity index (χ3n) is 2.24. The first-order valence-corrected chi connectivity index (χ1v) is 4.74. The lowest BCUT2D eigenvalue weighted by Gasteiger charge is -2.08. The molecule has 73 valence electrons. The molecule has 0 aliphatic carbocycles. The minimum Gasteiger partial charge on any atom is -0.285 e. The van der Waals surface area contributed by atoms with E-state index >= 15 is 0 Å². The molecule has 0 spiro atoms. The van der Waals surface area contributed by atoms with Crippen LogP contribution >= 0.6 is 0 Å². The average Bonchev–Trinajstić information content (AvgIpc) is 2.86. The minimum absolute atomic E-state index is 0.338. The highest BCUT2D eigenvalue weighted by Crippen LogP contribution is 2.22. The van der Waals surface area contributed by atoms with Crippen molar-refractivity contribution in [3.8, 4) is 0 Å². The molecule has 2 heterocycles. The predicted molar refractivity (Wildman–Crippen MR) is 53.6 cm³/mol. The van der Waals surface area contributed by atoms with E-state index in [-0.39, 0.29) is 0 Å². The van der Waals surface area contributed by atoms with E-state index in [4.69, 9.17) is 0 Å². The fourth-order valence-electron chi connectivity index (χ4n) is 1.46. The van der Waals surface area contributed by atoms with Crippen molar-refractivity contribution in [3.63, 3.8) is 0 Å². The van der Waals surface area contributed by atoms with Gasteiger partial charge in [-0.25, -0.2) is 0 Å². The molecule has 2 aromatic rings. The van der Waals surface area contributed by atoms with Gasteiger partial charge in [0.25, 0.3) is 0 Å². The molecule has 1 atom stereocenters. The second-order valence-electron chi connectivity index (χ2n) is 3.18. The molecule has 1 radical (unpaired) electrons. The zero-order valence-electron chi connectivity index (χ0n) is 8.07. The van der Waals surface area contributed by atoms with E-state index in [0.29, 0.717) is 5.92 Å². The predicted octanol–water partition coefficient (Wildman–Crippen LogP) is 1.88. The first kappa shape index (κ1) is 8.99. The Balaban J connectivity index is 2.08. The van der Waals surface area contributed by atoms with E-state index in [0.717, 1.165) is 17.8 Å². The molecular weight excluding hydrogens is 176 g/mol. The Bertz CT molecular complexity index is 349. The van der Waals surface area contributed by atoms with Gasteiger partial charge in [0, 0.05) is 24.7 Å². The largest absolute Gasteiger partial charge is 0.285 e. The smallest absolute Gasteiger partial charge is 0.0666 e. The highest BCUT2D eigenvalue weighted by molar-refractivity contribution is 5.20. The van der Waals surface area contributed by atoms with Crippen LogP contribution in [0.5, 0.6) is 0 Å². The van der Waals surface area contributed by atoms with Crippen LogP contribution < -0.4 is 0 Å². The maximum atomic E-state index is 4.17. The molecule has 0 saturated carbocycles. The standard InChI is InChI=1S/C10H13N4/c1-2-8(10-4-6-12-14-10)7-9-3-5-11-13-9/h3-8H,2H2,1H3,(H,11,13)(H,12,14). The van der Waals surface area contributed by atoms with Gasteiger partial charge < -0.3 is 0 Å². The quantitative estimate of drug-likeness (QED) is 0.771. The summed E-state index contributed by atoms with van der Waals surface area (Å²) in [5.74, 6) is 0.338. The zero-order chi connectivity index (χ0) is 9.80. The van der Waals surface area contributed by atoms with Gasteiger partial charge in [0.2, 0.25) is 0 Å². The van der Waals surface area contributed by atoms with Gasteiger partial charge in [0.15, 0.2) is 0 Å². The van der Waals surface area contributed by atoms with Crippen LogP contribution in [0.2, 0.25) is 0 Å². The fraction of sp³-hybridized carbons (Fsp3) is 0.300. The average molecular weight is 189 g/mol. The molecule has 0 aliphatic heterocycles. The van der Waals surface area contributed by atoms with Crippen molar-refractivity contribution in [2.45, 2.75) is 19.3 Å². The Morgan fingerprint density at radius 1 is 1.29 bits per heavy atom. The first-order chi connectivity index (χ1) is 6.90. The molecule has 0 amide bonds. The second-order valence-corrected chi connectivity index (χ2v) is 3.18. The molecule has 1 unspecified atom stereocenters. The maximum absolute atomic E-state index is 4.17. The number of rotatable bonds is 4. The van der Waals surface area contributed by atoms with E-state index in [1.165, 1.54) is 0 Å². The molecule has 0 aliphatic rings. The molecule has 0 aromatic carbocycles. The maximum Gasteiger partial charge on any atom is 0.0666 e. The van der Waals surface area contributed by atoms with Crippen molar-refractivity contribution in [2.75, 3.05) is 0 Å². The summed E-state index contributed by atoms with van der Waals surface area (Å²) in [7, 11) is 0. The van der Waals surface area contributed by atoms with Crippen molar-refractivity contribution in [1.82, 2.24) is 20.4 Å². The van der Waals surface area contributed by atoms with Gasteiger partial charge in [-0.3, -0.25) is 10.2 Å².